The molecule has 0 atom stereocenters. The van der Waals surface area contributed by atoms with Gasteiger partial charge in [0.25, 0.3) is 0 Å². The van der Waals surface area contributed by atoms with Gasteiger partial charge in [0.1, 0.15) is 0 Å². The highest BCUT2D eigenvalue weighted by atomic mass is 127. The number of nitrogens with one attached hydrogen (secondary N) is 3. The summed E-state index contributed by atoms with van der Waals surface area (Å²) in [5.74, 6) is 0.791. The second-order valence-corrected chi connectivity index (χ2v) is 7.07. The van der Waals surface area contributed by atoms with Crippen molar-refractivity contribution in [1.82, 2.24) is 25.3 Å². The van der Waals surface area contributed by atoms with Gasteiger partial charge < -0.3 is 20.9 Å². The summed E-state index contributed by atoms with van der Waals surface area (Å²) in [7, 11) is 0. The highest BCUT2D eigenvalue weighted by molar-refractivity contribution is 14.0. The summed E-state index contributed by atoms with van der Waals surface area (Å²) in [6.45, 7) is 6.77. The summed E-state index contributed by atoms with van der Waals surface area (Å²) in [5.41, 5.74) is 1.87. The van der Waals surface area contributed by atoms with Crippen LogP contribution in [0.15, 0.2) is 47.7 Å². The van der Waals surface area contributed by atoms with Crippen molar-refractivity contribution in [1.29, 1.82) is 0 Å². The maximum Gasteiger partial charge on any atom is 0.321 e. The molecule has 1 fully saturated rings. The number of halogens is 1. The lowest BCUT2D eigenvalue weighted by molar-refractivity contribution is 0.222. The number of aromatic nitrogens is 2. The molecule has 0 unspecified atom stereocenters. The van der Waals surface area contributed by atoms with Crippen LogP contribution in [-0.4, -0.2) is 52.9 Å². The predicted molar refractivity (Wildman–Crippen MR) is 131 cm³/mol. The maximum absolute atomic E-state index is 12.3. The summed E-state index contributed by atoms with van der Waals surface area (Å²) < 4.78 is 1.92. The molecule has 1 aromatic heterocycles. The summed E-state index contributed by atoms with van der Waals surface area (Å²) in [5, 5.41) is 13.8. The highest BCUT2D eigenvalue weighted by Gasteiger charge is 2.17. The van der Waals surface area contributed by atoms with E-state index in [-0.39, 0.29) is 30.0 Å². The van der Waals surface area contributed by atoms with E-state index in [0.717, 1.165) is 69.2 Å². The molecule has 0 bridgehead atoms. The Morgan fingerprint density at radius 1 is 1.20 bits per heavy atom. The van der Waals surface area contributed by atoms with Crippen LogP contribution in [0.3, 0.4) is 0 Å². The van der Waals surface area contributed by atoms with E-state index < -0.39 is 0 Å². The highest BCUT2D eigenvalue weighted by Crippen LogP contribution is 2.14. The molecule has 3 rings (SSSR count). The fourth-order valence-electron chi connectivity index (χ4n) is 3.26. The number of aryl methyl sites for hydroxylation is 1. The van der Waals surface area contributed by atoms with Crippen molar-refractivity contribution < 1.29 is 4.79 Å². The Morgan fingerprint density at radius 2 is 2.03 bits per heavy atom. The molecule has 164 valence electrons. The molecule has 1 saturated heterocycles. The van der Waals surface area contributed by atoms with Gasteiger partial charge in [-0.25, -0.2) is 9.79 Å². The van der Waals surface area contributed by atoms with Crippen LogP contribution in [0.2, 0.25) is 0 Å². The smallest absolute Gasteiger partial charge is 0.321 e. The van der Waals surface area contributed by atoms with E-state index in [2.05, 4.69) is 33.0 Å². The van der Waals surface area contributed by atoms with Gasteiger partial charge in [0, 0.05) is 50.8 Å². The molecule has 3 N–H and O–H groups in total. The zero-order valence-electron chi connectivity index (χ0n) is 17.5. The van der Waals surface area contributed by atoms with Crippen LogP contribution in [-0.2, 0) is 13.1 Å². The summed E-state index contributed by atoms with van der Waals surface area (Å²) in [6, 6.07) is 9.79. The second-order valence-electron chi connectivity index (χ2n) is 7.07. The van der Waals surface area contributed by atoms with E-state index in [0.29, 0.717) is 6.54 Å². The number of urea groups is 1. The minimum Gasteiger partial charge on any atom is -0.357 e. The number of hydrogen-bond donors (Lipinski definition) is 3. The standard InChI is InChI=1S/C21H31N7O.HI/c1-2-22-20(23-10-6-14-28-15-7-11-25-28)24-17-18-8-5-9-19(16-18)26-21(29)27-12-3-4-13-27;/h5,7-9,11,15-16H,2-4,6,10,12-14,17H2,1H3,(H,26,29)(H2,22,23,24);1H. The van der Waals surface area contributed by atoms with E-state index in [1.807, 2.05) is 46.1 Å². The number of nitrogens with zero attached hydrogens (tertiary/aromatic N) is 4. The van der Waals surface area contributed by atoms with Crippen LogP contribution < -0.4 is 16.0 Å². The van der Waals surface area contributed by atoms with E-state index in [9.17, 15) is 4.79 Å². The molecular formula is C21H32IN7O. The van der Waals surface area contributed by atoms with Crippen LogP contribution in [0, 0.1) is 0 Å². The summed E-state index contributed by atoms with van der Waals surface area (Å²) in [6.07, 6.45) is 6.90. The summed E-state index contributed by atoms with van der Waals surface area (Å²) in [4.78, 5) is 18.8. The number of guanidine groups is 1. The van der Waals surface area contributed by atoms with Gasteiger partial charge >= 0.3 is 6.03 Å². The molecular weight excluding hydrogens is 493 g/mol. The number of carbonyl (C=O) groups is 1. The van der Waals surface area contributed by atoms with Crippen molar-refractivity contribution in [2.45, 2.75) is 39.3 Å². The van der Waals surface area contributed by atoms with Crippen LogP contribution in [0.1, 0.15) is 31.7 Å². The lowest BCUT2D eigenvalue weighted by Crippen LogP contribution is -2.38. The number of hydrogen-bond acceptors (Lipinski definition) is 3. The molecule has 0 radical (unpaired) electrons. The quantitative estimate of drug-likeness (QED) is 0.214. The topological polar surface area (TPSA) is 86.6 Å². The first-order valence-corrected chi connectivity index (χ1v) is 10.4. The third-order valence-corrected chi connectivity index (χ3v) is 4.75. The molecule has 8 nitrogen and oxygen atoms in total. The SMILES string of the molecule is CCNC(=NCc1cccc(NC(=O)N2CCCC2)c1)NCCCn1cccn1.I. The Kier molecular flexibility index (Phi) is 10.5. The van der Waals surface area contributed by atoms with Crippen LogP contribution in [0.5, 0.6) is 0 Å². The fourth-order valence-corrected chi connectivity index (χ4v) is 3.26. The zero-order valence-corrected chi connectivity index (χ0v) is 19.8. The second kappa shape index (κ2) is 13.1. The van der Waals surface area contributed by atoms with E-state index in [1.54, 1.807) is 6.20 Å². The van der Waals surface area contributed by atoms with E-state index in [1.165, 1.54) is 0 Å². The van der Waals surface area contributed by atoms with Gasteiger partial charge in [-0.2, -0.15) is 5.10 Å². The molecule has 2 heterocycles. The molecule has 30 heavy (non-hydrogen) atoms. The number of aliphatic imine (C=N–C) groups is 1. The van der Waals surface area contributed by atoms with Crippen molar-refractivity contribution in [2.24, 2.45) is 4.99 Å². The Morgan fingerprint density at radius 3 is 2.77 bits per heavy atom. The zero-order chi connectivity index (χ0) is 20.3. The number of likely N-dealkylation sites (tertiary alicyclic amines) is 1. The predicted octanol–water partition coefficient (Wildman–Crippen LogP) is 3.27. The Balaban J connectivity index is 0.00000320. The lowest BCUT2D eigenvalue weighted by Gasteiger charge is -2.16. The molecule has 1 aliphatic rings. The van der Waals surface area contributed by atoms with Gasteiger partial charge in [-0.05, 0) is 49.9 Å². The molecule has 0 spiro atoms. The van der Waals surface area contributed by atoms with Gasteiger partial charge in [-0.3, -0.25) is 4.68 Å². The molecule has 0 aliphatic carbocycles. The third kappa shape index (κ3) is 7.85. The van der Waals surface area contributed by atoms with E-state index in [4.69, 9.17) is 0 Å². The van der Waals surface area contributed by atoms with Gasteiger partial charge in [-0.1, -0.05) is 12.1 Å². The van der Waals surface area contributed by atoms with Gasteiger partial charge in [0.2, 0.25) is 0 Å². The van der Waals surface area contributed by atoms with Crippen molar-refractivity contribution in [3.63, 3.8) is 0 Å². The van der Waals surface area contributed by atoms with Crippen molar-refractivity contribution in [3.8, 4) is 0 Å². The monoisotopic (exact) mass is 525 g/mol. The Bertz CT molecular complexity index is 788. The van der Waals surface area contributed by atoms with Crippen LogP contribution in [0.4, 0.5) is 10.5 Å². The van der Waals surface area contributed by atoms with Crippen LogP contribution >= 0.6 is 24.0 Å². The molecule has 2 aromatic rings. The van der Waals surface area contributed by atoms with Gasteiger partial charge in [0.15, 0.2) is 5.96 Å². The maximum atomic E-state index is 12.3. The minimum absolute atomic E-state index is 0. The Labute approximate surface area is 195 Å². The normalized spacial score (nSPS) is 13.6. The molecule has 1 aromatic carbocycles. The molecule has 2 amide bonds. The van der Waals surface area contributed by atoms with Gasteiger partial charge in [0.05, 0.1) is 6.54 Å². The lowest BCUT2D eigenvalue weighted by atomic mass is 10.2. The Hall–Kier alpha value is -2.30. The fraction of sp³-hybridized carbons (Fsp3) is 0.476. The molecule has 9 heteroatoms. The van der Waals surface area contributed by atoms with Crippen molar-refractivity contribution >= 4 is 41.7 Å². The number of carbonyl (C=O) groups excluding carboxylic acids is 1. The average molecular weight is 525 g/mol. The first-order chi connectivity index (χ1) is 14.2. The number of benzene rings is 1. The number of anilines is 1. The molecule has 0 saturated carbocycles. The number of amides is 2. The first-order valence-electron chi connectivity index (χ1n) is 10.4. The van der Waals surface area contributed by atoms with Crippen LogP contribution in [0.25, 0.3) is 0 Å². The van der Waals surface area contributed by atoms with Crippen molar-refractivity contribution in [2.75, 3.05) is 31.5 Å². The first kappa shape index (κ1) is 24.0. The minimum atomic E-state index is -0.0182. The van der Waals surface area contributed by atoms with Gasteiger partial charge in [-0.15, -0.1) is 24.0 Å². The average Bonchev–Trinajstić information content (AvgIpc) is 3.44. The number of rotatable bonds is 8. The molecule has 1 aliphatic heterocycles. The third-order valence-electron chi connectivity index (χ3n) is 4.75. The van der Waals surface area contributed by atoms with Crippen molar-refractivity contribution in [3.05, 3.63) is 48.3 Å². The largest absolute Gasteiger partial charge is 0.357 e. The summed E-state index contributed by atoms with van der Waals surface area (Å²) >= 11 is 0. The van der Waals surface area contributed by atoms with E-state index >= 15 is 0 Å².